The van der Waals surface area contributed by atoms with Crippen LogP contribution >= 0.6 is 0 Å². The maximum atomic E-state index is 11.9. The molecule has 0 aromatic heterocycles. The standard InChI is InChI=1S/C12H25NO2/c1-7-8-15-10(12(4,5)6)11(14)13-9(2)3/h9-10H,7-8H2,1-6H3,(H,13,14). The Hall–Kier alpha value is -0.570. The fourth-order valence-corrected chi connectivity index (χ4v) is 1.31. The summed E-state index contributed by atoms with van der Waals surface area (Å²) in [5.74, 6) is -0.00838. The van der Waals surface area contributed by atoms with E-state index in [2.05, 4.69) is 5.32 Å². The fourth-order valence-electron chi connectivity index (χ4n) is 1.31. The molecule has 1 atom stereocenters. The molecule has 15 heavy (non-hydrogen) atoms. The van der Waals surface area contributed by atoms with Gasteiger partial charge in [0.05, 0.1) is 0 Å². The summed E-state index contributed by atoms with van der Waals surface area (Å²) in [6.45, 7) is 12.6. The van der Waals surface area contributed by atoms with Crippen LogP contribution in [-0.4, -0.2) is 24.7 Å². The Kier molecular flexibility index (Phi) is 5.88. The van der Waals surface area contributed by atoms with E-state index in [9.17, 15) is 4.79 Å². The lowest BCUT2D eigenvalue weighted by Crippen LogP contribution is -2.46. The van der Waals surface area contributed by atoms with Gasteiger partial charge in [-0.25, -0.2) is 0 Å². The van der Waals surface area contributed by atoms with Gasteiger partial charge in [0.25, 0.3) is 0 Å². The van der Waals surface area contributed by atoms with Gasteiger partial charge in [-0.1, -0.05) is 27.7 Å². The van der Waals surface area contributed by atoms with E-state index in [0.29, 0.717) is 6.61 Å². The van der Waals surface area contributed by atoms with Crippen molar-refractivity contribution in [2.45, 2.75) is 60.1 Å². The highest BCUT2D eigenvalue weighted by atomic mass is 16.5. The molecule has 0 aliphatic heterocycles. The van der Waals surface area contributed by atoms with E-state index in [0.717, 1.165) is 6.42 Å². The summed E-state index contributed by atoms with van der Waals surface area (Å²) in [6, 6.07) is 0.160. The first-order chi connectivity index (χ1) is 6.79. The molecule has 0 heterocycles. The van der Waals surface area contributed by atoms with Crippen LogP contribution < -0.4 is 5.32 Å². The van der Waals surface area contributed by atoms with Crippen molar-refractivity contribution in [1.82, 2.24) is 5.32 Å². The third-order valence-corrected chi connectivity index (χ3v) is 1.94. The molecule has 0 aromatic rings. The largest absolute Gasteiger partial charge is 0.368 e. The molecule has 0 bridgehead atoms. The minimum Gasteiger partial charge on any atom is -0.368 e. The molecule has 0 aromatic carbocycles. The lowest BCUT2D eigenvalue weighted by Gasteiger charge is -2.30. The van der Waals surface area contributed by atoms with Gasteiger partial charge in [0, 0.05) is 12.6 Å². The molecule has 0 rings (SSSR count). The maximum Gasteiger partial charge on any atom is 0.249 e. The van der Waals surface area contributed by atoms with Crippen molar-refractivity contribution < 1.29 is 9.53 Å². The molecule has 3 nitrogen and oxygen atoms in total. The highest BCUT2D eigenvalue weighted by Crippen LogP contribution is 2.22. The lowest BCUT2D eigenvalue weighted by atomic mass is 9.88. The van der Waals surface area contributed by atoms with E-state index in [1.54, 1.807) is 0 Å². The van der Waals surface area contributed by atoms with E-state index in [-0.39, 0.29) is 23.5 Å². The van der Waals surface area contributed by atoms with Crippen LogP contribution in [0.15, 0.2) is 0 Å². The molecule has 3 heteroatoms. The van der Waals surface area contributed by atoms with Crippen molar-refractivity contribution in [2.24, 2.45) is 5.41 Å². The first kappa shape index (κ1) is 14.4. The van der Waals surface area contributed by atoms with Crippen LogP contribution in [0.25, 0.3) is 0 Å². The number of carbonyl (C=O) groups excluding carboxylic acids is 1. The summed E-state index contributed by atoms with van der Waals surface area (Å²) >= 11 is 0. The number of carbonyl (C=O) groups is 1. The van der Waals surface area contributed by atoms with Crippen LogP contribution in [-0.2, 0) is 9.53 Å². The highest BCUT2D eigenvalue weighted by Gasteiger charge is 2.32. The van der Waals surface area contributed by atoms with Crippen molar-refractivity contribution in [1.29, 1.82) is 0 Å². The van der Waals surface area contributed by atoms with Crippen molar-refractivity contribution >= 4 is 5.91 Å². The van der Waals surface area contributed by atoms with Gasteiger partial charge >= 0.3 is 0 Å². The molecule has 0 fully saturated rings. The zero-order valence-electron chi connectivity index (χ0n) is 10.9. The molecule has 0 aliphatic rings. The predicted octanol–water partition coefficient (Wildman–Crippen LogP) is 2.35. The van der Waals surface area contributed by atoms with E-state index in [1.165, 1.54) is 0 Å². The highest BCUT2D eigenvalue weighted by molar-refractivity contribution is 5.81. The van der Waals surface area contributed by atoms with Gasteiger partial charge in [-0.15, -0.1) is 0 Å². The Morgan fingerprint density at radius 1 is 1.33 bits per heavy atom. The predicted molar refractivity (Wildman–Crippen MR) is 62.8 cm³/mol. The molecule has 90 valence electrons. The van der Waals surface area contributed by atoms with Crippen LogP contribution in [0.4, 0.5) is 0 Å². The molecular weight excluding hydrogens is 190 g/mol. The molecule has 1 amide bonds. The van der Waals surface area contributed by atoms with E-state index >= 15 is 0 Å². The normalized spacial score (nSPS) is 14.1. The van der Waals surface area contributed by atoms with Gasteiger partial charge in [-0.05, 0) is 25.7 Å². The van der Waals surface area contributed by atoms with Crippen molar-refractivity contribution in [3.8, 4) is 0 Å². The monoisotopic (exact) mass is 215 g/mol. The Morgan fingerprint density at radius 2 is 1.87 bits per heavy atom. The summed E-state index contributed by atoms with van der Waals surface area (Å²) < 4.78 is 5.61. The second-order valence-electron chi connectivity index (χ2n) is 5.28. The lowest BCUT2D eigenvalue weighted by molar-refractivity contribution is -0.140. The second kappa shape index (κ2) is 6.11. The van der Waals surface area contributed by atoms with E-state index in [1.807, 2.05) is 41.5 Å². The Labute approximate surface area is 93.6 Å². The summed E-state index contributed by atoms with van der Waals surface area (Å²) in [5, 5.41) is 2.89. The molecule has 1 unspecified atom stereocenters. The Balaban J connectivity index is 4.42. The molecular formula is C12H25NO2. The van der Waals surface area contributed by atoms with Gasteiger partial charge in [-0.2, -0.15) is 0 Å². The van der Waals surface area contributed by atoms with Gasteiger partial charge in [0.15, 0.2) is 0 Å². The van der Waals surface area contributed by atoms with Gasteiger partial charge in [-0.3, -0.25) is 4.79 Å². The average molecular weight is 215 g/mol. The maximum absolute atomic E-state index is 11.9. The molecule has 0 aliphatic carbocycles. The van der Waals surface area contributed by atoms with E-state index in [4.69, 9.17) is 4.74 Å². The third kappa shape index (κ3) is 5.78. The zero-order valence-corrected chi connectivity index (χ0v) is 10.9. The minimum absolute atomic E-state index is 0.00838. The minimum atomic E-state index is -0.361. The fraction of sp³-hybridized carbons (Fsp3) is 0.917. The van der Waals surface area contributed by atoms with Crippen LogP contribution in [0.5, 0.6) is 0 Å². The number of hydrogen-bond acceptors (Lipinski definition) is 2. The number of hydrogen-bond donors (Lipinski definition) is 1. The smallest absolute Gasteiger partial charge is 0.249 e. The number of amides is 1. The Morgan fingerprint density at radius 3 is 2.20 bits per heavy atom. The van der Waals surface area contributed by atoms with Gasteiger partial charge in [0.1, 0.15) is 6.10 Å². The zero-order chi connectivity index (χ0) is 12.1. The first-order valence-corrected chi connectivity index (χ1v) is 5.71. The number of nitrogens with one attached hydrogen (secondary N) is 1. The third-order valence-electron chi connectivity index (χ3n) is 1.94. The van der Waals surface area contributed by atoms with Crippen molar-refractivity contribution in [3.63, 3.8) is 0 Å². The van der Waals surface area contributed by atoms with E-state index < -0.39 is 0 Å². The van der Waals surface area contributed by atoms with Gasteiger partial charge in [0.2, 0.25) is 5.91 Å². The van der Waals surface area contributed by atoms with Crippen LogP contribution in [0.1, 0.15) is 48.0 Å². The number of rotatable bonds is 5. The molecule has 0 spiro atoms. The molecule has 0 saturated heterocycles. The summed E-state index contributed by atoms with van der Waals surface area (Å²) in [5.41, 5.74) is -0.159. The summed E-state index contributed by atoms with van der Waals surface area (Å²) in [7, 11) is 0. The van der Waals surface area contributed by atoms with Crippen molar-refractivity contribution in [3.05, 3.63) is 0 Å². The van der Waals surface area contributed by atoms with Crippen LogP contribution in [0, 0.1) is 5.41 Å². The first-order valence-electron chi connectivity index (χ1n) is 5.71. The topological polar surface area (TPSA) is 38.3 Å². The summed E-state index contributed by atoms with van der Waals surface area (Å²) in [6.07, 6.45) is 0.571. The molecule has 0 radical (unpaired) electrons. The van der Waals surface area contributed by atoms with Crippen LogP contribution in [0.3, 0.4) is 0 Å². The average Bonchev–Trinajstić information content (AvgIpc) is 2.00. The van der Waals surface area contributed by atoms with Crippen LogP contribution in [0.2, 0.25) is 0 Å². The molecule has 1 N–H and O–H groups in total. The Bertz CT molecular complexity index is 194. The molecule has 0 saturated carbocycles. The van der Waals surface area contributed by atoms with Crippen molar-refractivity contribution in [2.75, 3.05) is 6.61 Å². The SMILES string of the molecule is CCCOC(C(=O)NC(C)C)C(C)(C)C. The quantitative estimate of drug-likeness (QED) is 0.764. The van der Waals surface area contributed by atoms with Gasteiger partial charge < -0.3 is 10.1 Å². The summed E-state index contributed by atoms with van der Waals surface area (Å²) in [4.78, 5) is 11.9. The second-order valence-corrected chi connectivity index (χ2v) is 5.28. The number of ether oxygens (including phenoxy) is 1.